The van der Waals surface area contributed by atoms with Crippen LogP contribution in [-0.4, -0.2) is 18.3 Å². The Morgan fingerprint density at radius 2 is 1.19 bits per heavy atom. The van der Waals surface area contributed by atoms with E-state index in [0.29, 0.717) is 5.56 Å². The van der Waals surface area contributed by atoms with E-state index in [1.165, 1.54) is 36.4 Å². The number of ether oxygens (including phenoxy) is 1. The molecule has 0 N–H and O–H groups in total. The molecule has 0 saturated heterocycles. The number of halogens is 7. The molecule has 0 unspecified atom stereocenters. The third-order valence-corrected chi connectivity index (χ3v) is 11.3. The van der Waals surface area contributed by atoms with Crippen LogP contribution < -0.4 is 0 Å². The number of carbonyl (C=O) groups excluding carboxylic acids is 1. The molecule has 0 bridgehead atoms. The van der Waals surface area contributed by atoms with Gasteiger partial charge in [0.1, 0.15) is 0 Å². The summed E-state index contributed by atoms with van der Waals surface area (Å²) in [5, 5.41) is 0. The fourth-order valence-electron chi connectivity index (χ4n) is 4.18. The number of hydrogen-bond donors (Lipinski definition) is 0. The third-order valence-electron chi connectivity index (χ3n) is 6.13. The van der Waals surface area contributed by atoms with E-state index in [9.17, 15) is 31.1 Å². The van der Waals surface area contributed by atoms with Gasteiger partial charge in [-0.25, -0.2) is 0 Å². The van der Waals surface area contributed by atoms with Crippen LogP contribution in [0.2, 0.25) is 0 Å². The fraction of sp³-hybridized carbons (Fsp3) is 0.0938. The number of allylic oxidation sites excluding steroid dienone is 1. The number of fused-ring (bicyclic) bond motifs is 1. The first kappa shape index (κ1) is 29.4. The van der Waals surface area contributed by atoms with Gasteiger partial charge in [-0.05, 0) is 0 Å². The molecule has 1 aliphatic heterocycles. The topological polar surface area (TPSA) is 35.5 Å². The minimum absolute atomic E-state index is 0.111. The average Bonchev–Trinajstić information content (AvgIpc) is 3.34. The van der Waals surface area contributed by atoms with Gasteiger partial charge in [-0.1, -0.05) is 0 Å². The molecule has 1 aliphatic rings. The molecule has 0 radical (unpaired) electrons. The molecule has 5 rings (SSSR count). The molecule has 4 aromatic carbocycles. The number of hydrogen-bond acceptors (Lipinski definition) is 3. The zero-order valence-corrected chi connectivity index (χ0v) is 23.5. The van der Waals surface area contributed by atoms with Crippen molar-refractivity contribution in [3.05, 3.63) is 147 Å². The Hall–Kier alpha value is -4.08. The summed E-state index contributed by atoms with van der Waals surface area (Å²) >= 11 is -4.17. The number of carbonyl (C=O) groups is 1. The zero-order chi connectivity index (χ0) is 30.0. The van der Waals surface area contributed by atoms with Crippen molar-refractivity contribution in [2.45, 2.75) is 18.0 Å². The molecule has 0 amide bonds. The van der Waals surface area contributed by atoms with Crippen molar-refractivity contribution in [1.29, 1.82) is 0 Å². The van der Waals surface area contributed by atoms with Crippen LogP contribution >= 0.6 is 20.2 Å². The van der Waals surface area contributed by atoms with Gasteiger partial charge in [-0.2, -0.15) is 0 Å². The van der Waals surface area contributed by atoms with Gasteiger partial charge in [0.05, 0.1) is 0 Å². The maximum atomic E-state index is 14.5. The van der Waals surface area contributed by atoms with Crippen LogP contribution in [0, 0.1) is 15.4 Å². The van der Waals surface area contributed by atoms with Crippen molar-refractivity contribution in [2.24, 2.45) is 0 Å². The van der Waals surface area contributed by atoms with E-state index < -0.39 is 49.7 Å². The second-order valence-electron chi connectivity index (χ2n) is 8.86. The molecule has 214 valence electrons. The van der Waals surface area contributed by atoms with E-state index >= 15 is 0 Å². The van der Waals surface area contributed by atoms with E-state index in [0.717, 1.165) is 12.1 Å². The van der Waals surface area contributed by atoms with Gasteiger partial charge < -0.3 is 0 Å². The van der Waals surface area contributed by atoms with E-state index in [1.54, 1.807) is 66.7 Å². The molecule has 0 aromatic heterocycles. The van der Waals surface area contributed by atoms with Crippen LogP contribution in [0.15, 0.2) is 121 Å². The van der Waals surface area contributed by atoms with Crippen LogP contribution in [0.25, 0.3) is 3.58 Å². The summed E-state index contributed by atoms with van der Waals surface area (Å²) in [5.74, 6) is 4.28. The predicted molar refractivity (Wildman–Crippen MR) is 153 cm³/mol. The molecule has 0 saturated carbocycles. The van der Waals surface area contributed by atoms with E-state index in [1.807, 2.05) is 0 Å². The molecule has 42 heavy (non-hydrogen) atoms. The van der Waals surface area contributed by atoms with Crippen molar-refractivity contribution in [2.75, 3.05) is 0 Å². The van der Waals surface area contributed by atoms with Crippen LogP contribution in [0.5, 0.6) is 0 Å². The zero-order valence-electron chi connectivity index (χ0n) is 21.3. The van der Waals surface area contributed by atoms with E-state index in [2.05, 4.69) is 11.8 Å². The summed E-state index contributed by atoms with van der Waals surface area (Å²) < 4.78 is 97.5. The summed E-state index contributed by atoms with van der Waals surface area (Å²) in [7, 11) is 0. The monoisotopic (exact) mass is 692 g/mol. The van der Waals surface area contributed by atoms with E-state index in [4.69, 9.17) is 7.80 Å². The molecule has 0 atom stereocenters. The average molecular weight is 692 g/mol. The Balaban J connectivity index is 1.79. The molecule has 4 aromatic rings. The summed E-state index contributed by atoms with van der Waals surface area (Å²) in [6.07, 6.45) is -11.7. The molecule has 0 fully saturated rings. The fourth-order valence-corrected chi connectivity index (χ4v) is 9.86. The Labute approximate surface area is 244 Å². The number of esters is 1. The summed E-state index contributed by atoms with van der Waals surface area (Å²) in [5.41, 5.74) is -4.79. The maximum absolute atomic E-state index is 14.5. The van der Waals surface area contributed by atoms with Crippen LogP contribution in [0.1, 0.15) is 27.0 Å². The molecule has 0 aliphatic carbocycles. The van der Waals surface area contributed by atoms with Crippen molar-refractivity contribution in [3.63, 3.8) is 0 Å². The number of rotatable bonds is 4. The summed E-state index contributed by atoms with van der Waals surface area (Å²) in [4.78, 5) is 13.2. The molecule has 0 spiro atoms. The molecular formula is C32H19F6IO3. The summed E-state index contributed by atoms with van der Waals surface area (Å²) in [6.45, 7) is 0. The SMILES string of the molecule is O=C(O/C(C#Cc1ccccc1)=C(\c1ccccc1)I1OC(C(F)(F)F)(C(F)(F)F)c2ccccc21)c1ccccc1. The summed E-state index contributed by atoms with van der Waals surface area (Å²) in [6, 6.07) is 28.4. The molecule has 3 nitrogen and oxygen atoms in total. The standard InChI is InChI=1S/C32H19F6IO3/c33-31(34,35)30(32(36,37)38)25-18-10-11-19-26(25)39(42-30)28(23-14-6-2-7-15-23)27(21-20-22-12-4-1-5-13-22)41-29(40)24-16-8-3-9-17-24/h1-19H/b28-27+. The Bertz CT molecular complexity index is 1660. The first-order chi connectivity index (χ1) is 20.0. The molecular weight excluding hydrogens is 673 g/mol. The number of alkyl halides is 6. The minimum atomic E-state index is -5.84. The normalized spacial score (nSPS) is 15.6. The van der Waals surface area contributed by atoms with Gasteiger partial charge in [0, 0.05) is 0 Å². The van der Waals surface area contributed by atoms with Gasteiger partial charge in [-0.15, -0.1) is 0 Å². The van der Waals surface area contributed by atoms with Gasteiger partial charge in [0.2, 0.25) is 0 Å². The predicted octanol–water partition coefficient (Wildman–Crippen LogP) is 8.91. The molecule has 1 heterocycles. The first-order valence-corrected chi connectivity index (χ1v) is 15.3. The number of benzene rings is 4. The van der Waals surface area contributed by atoms with Crippen LogP contribution in [0.4, 0.5) is 26.3 Å². The second kappa shape index (κ2) is 11.7. The van der Waals surface area contributed by atoms with Gasteiger partial charge in [-0.3, -0.25) is 0 Å². The van der Waals surface area contributed by atoms with Crippen molar-refractivity contribution >= 4 is 29.8 Å². The molecule has 10 heteroatoms. The first-order valence-electron chi connectivity index (χ1n) is 12.3. The van der Waals surface area contributed by atoms with Crippen molar-refractivity contribution in [3.8, 4) is 11.8 Å². The Morgan fingerprint density at radius 1 is 0.690 bits per heavy atom. The van der Waals surface area contributed by atoms with Gasteiger partial charge in [0.25, 0.3) is 0 Å². The van der Waals surface area contributed by atoms with Gasteiger partial charge in [0.15, 0.2) is 0 Å². The van der Waals surface area contributed by atoms with Crippen LogP contribution in [0.3, 0.4) is 0 Å². The quantitative estimate of drug-likeness (QED) is 0.0705. The Morgan fingerprint density at radius 3 is 1.76 bits per heavy atom. The van der Waals surface area contributed by atoms with Crippen LogP contribution in [-0.2, 0) is 13.4 Å². The van der Waals surface area contributed by atoms with Crippen molar-refractivity contribution in [1.82, 2.24) is 0 Å². The van der Waals surface area contributed by atoms with E-state index in [-0.39, 0.29) is 24.0 Å². The second-order valence-corrected chi connectivity index (χ2v) is 13.0. The van der Waals surface area contributed by atoms with Gasteiger partial charge >= 0.3 is 245 Å². The Kier molecular flexibility index (Phi) is 8.17. The van der Waals surface area contributed by atoms with Crippen molar-refractivity contribution < 1.29 is 38.9 Å². The third kappa shape index (κ3) is 5.54.